The summed E-state index contributed by atoms with van der Waals surface area (Å²) in [7, 11) is 1.59. The van der Waals surface area contributed by atoms with Crippen LogP contribution in [0.15, 0.2) is 30.8 Å². The average molecular weight is 353 g/mol. The first-order valence-electron chi connectivity index (χ1n) is 7.86. The zero-order valence-corrected chi connectivity index (χ0v) is 15.9. The molecule has 6 heteroatoms. The summed E-state index contributed by atoms with van der Waals surface area (Å²) in [5.41, 5.74) is 1.61. The van der Waals surface area contributed by atoms with Gasteiger partial charge < -0.3 is 14.0 Å². The monoisotopic (exact) mass is 353 g/mol. The van der Waals surface area contributed by atoms with Gasteiger partial charge in [-0.1, -0.05) is 18.7 Å². The zero-order chi connectivity index (χ0) is 18.3. The second-order valence-corrected chi connectivity index (χ2v) is 8.34. The van der Waals surface area contributed by atoms with Crippen LogP contribution in [0.4, 0.5) is 0 Å². The van der Waals surface area contributed by atoms with Crippen molar-refractivity contribution in [2.45, 2.75) is 44.9 Å². The van der Waals surface area contributed by atoms with E-state index in [9.17, 15) is 9.35 Å². The minimum Gasteiger partial charge on any atom is -0.598 e. The van der Waals surface area contributed by atoms with Crippen LogP contribution in [0.3, 0.4) is 0 Å². The molecule has 0 heterocycles. The van der Waals surface area contributed by atoms with E-state index in [2.05, 4.69) is 11.3 Å². The Hall–Kier alpha value is -1.50. The second kappa shape index (κ2) is 9.11. The fraction of sp³-hybridized carbons (Fsp3) is 0.500. The van der Waals surface area contributed by atoms with Gasteiger partial charge in [0, 0.05) is 17.8 Å². The van der Waals surface area contributed by atoms with E-state index in [1.807, 2.05) is 45.0 Å². The fourth-order valence-corrected chi connectivity index (χ4v) is 2.72. The van der Waals surface area contributed by atoms with E-state index >= 15 is 0 Å². The van der Waals surface area contributed by atoms with Crippen LogP contribution in [-0.2, 0) is 20.9 Å². The van der Waals surface area contributed by atoms with Gasteiger partial charge in [-0.25, -0.2) is 0 Å². The van der Waals surface area contributed by atoms with E-state index in [1.165, 1.54) is 0 Å². The Morgan fingerprint density at radius 3 is 2.62 bits per heavy atom. The van der Waals surface area contributed by atoms with Gasteiger partial charge in [-0.05, 0) is 51.0 Å². The Labute approximate surface area is 147 Å². The van der Waals surface area contributed by atoms with Crippen LogP contribution in [-0.4, -0.2) is 35.0 Å². The lowest BCUT2D eigenvalue weighted by Gasteiger charge is -2.27. The van der Waals surface area contributed by atoms with E-state index < -0.39 is 28.1 Å². The maximum atomic E-state index is 12.3. The predicted molar refractivity (Wildman–Crippen MR) is 98.1 cm³/mol. The summed E-state index contributed by atoms with van der Waals surface area (Å²) >= 11 is -1.39. The first-order chi connectivity index (χ1) is 11.2. The maximum absolute atomic E-state index is 12.3. The summed E-state index contributed by atoms with van der Waals surface area (Å²) in [5.74, 6) is 0.284. The SMILES string of the molecule is C=C(C[C@@H](N[S+]([O-])C(C)(C)C)C(=O)OCC)c1cccc(OC)c1. The number of rotatable bonds is 8. The van der Waals surface area contributed by atoms with Crippen molar-refractivity contribution in [2.24, 2.45) is 0 Å². The lowest BCUT2D eigenvalue weighted by Crippen LogP contribution is -2.48. The summed E-state index contributed by atoms with van der Waals surface area (Å²) in [4.78, 5) is 12.2. The third kappa shape index (κ3) is 6.19. The van der Waals surface area contributed by atoms with Gasteiger partial charge in [0.25, 0.3) is 0 Å². The molecule has 0 radical (unpaired) electrons. The molecular weight excluding hydrogens is 326 g/mol. The largest absolute Gasteiger partial charge is 0.598 e. The highest BCUT2D eigenvalue weighted by Crippen LogP contribution is 2.24. The molecule has 1 aromatic rings. The van der Waals surface area contributed by atoms with Gasteiger partial charge in [0.2, 0.25) is 0 Å². The van der Waals surface area contributed by atoms with Gasteiger partial charge in [-0.2, -0.15) is 0 Å². The van der Waals surface area contributed by atoms with E-state index in [1.54, 1.807) is 14.0 Å². The quantitative estimate of drug-likeness (QED) is 0.574. The van der Waals surface area contributed by atoms with E-state index in [4.69, 9.17) is 9.47 Å². The first-order valence-corrected chi connectivity index (χ1v) is 9.01. The molecule has 0 aromatic heterocycles. The Balaban J connectivity index is 2.90. The number of esters is 1. The highest BCUT2D eigenvalue weighted by atomic mass is 32.2. The number of carbonyl (C=O) groups excluding carboxylic acids is 1. The van der Waals surface area contributed by atoms with Gasteiger partial charge in [-0.3, -0.25) is 4.79 Å². The Kier molecular flexibility index (Phi) is 7.79. The van der Waals surface area contributed by atoms with Crippen LogP contribution in [0, 0.1) is 0 Å². The molecule has 134 valence electrons. The normalized spacial score (nSPS) is 13.9. The van der Waals surface area contributed by atoms with Gasteiger partial charge in [0.05, 0.1) is 13.7 Å². The minimum absolute atomic E-state index is 0.269. The molecule has 0 aliphatic carbocycles. The van der Waals surface area contributed by atoms with Crippen molar-refractivity contribution >= 4 is 22.9 Å². The molecule has 0 amide bonds. The number of benzene rings is 1. The maximum Gasteiger partial charge on any atom is 0.328 e. The molecule has 1 aromatic carbocycles. The van der Waals surface area contributed by atoms with E-state index in [0.717, 1.165) is 11.1 Å². The number of ether oxygens (including phenoxy) is 2. The number of carbonyl (C=O) groups is 1. The van der Waals surface area contributed by atoms with Crippen LogP contribution < -0.4 is 9.46 Å². The summed E-state index contributed by atoms with van der Waals surface area (Å²) < 4.78 is 25.0. The number of nitrogens with one attached hydrogen (secondary N) is 1. The topological polar surface area (TPSA) is 70.6 Å². The summed E-state index contributed by atoms with van der Waals surface area (Å²) in [6.45, 7) is 11.6. The van der Waals surface area contributed by atoms with Crippen molar-refractivity contribution in [3.8, 4) is 5.75 Å². The van der Waals surface area contributed by atoms with Crippen molar-refractivity contribution in [3.63, 3.8) is 0 Å². The Bertz CT molecular complexity index is 568. The lowest BCUT2D eigenvalue weighted by molar-refractivity contribution is -0.144. The van der Waals surface area contributed by atoms with Crippen molar-refractivity contribution in [1.82, 2.24) is 4.72 Å². The summed E-state index contributed by atoms with van der Waals surface area (Å²) in [5, 5.41) is 0. The van der Waals surface area contributed by atoms with Crippen molar-refractivity contribution in [2.75, 3.05) is 13.7 Å². The molecule has 1 unspecified atom stereocenters. The highest BCUT2D eigenvalue weighted by Gasteiger charge is 2.33. The molecule has 1 N–H and O–H groups in total. The van der Waals surface area contributed by atoms with Crippen LogP contribution >= 0.6 is 0 Å². The zero-order valence-electron chi connectivity index (χ0n) is 15.0. The molecule has 1 rings (SSSR count). The molecule has 0 aliphatic rings. The fourth-order valence-electron chi connectivity index (χ4n) is 1.93. The van der Waals surface area contributed by atoms with E-state index in [-0.39, 0.29) is 6.61 Å². The standard InChI is InChI=1S/C18H27NO4S/c1-7-23-17(20)16(19-24(21)18(3,4)5)11-13(2)14-9-8-10-15(12-14)22-6/h8-10,12,16,19H,2,7,11H2,1,3-6H3/t16-,24?/m1/s1. The molecule has 0 saturated heterocycles. The van der Waals surface area contributed by atoms with E-state index in [0.29, 0.717) is 12.2 Å². The van der Waals surface area contributed by atoms with Crippen molar-refractivity contribution in [3.05, 3.63) is 36.4 Å². The third-order valence-corrected chi connectivity index (χ3v) is 4.92. The Morgan fingerprint density at radius 2 is 2.08 bits per heavy atom. The van der Waals surface area contributed by atoms with Gasteiger partial charge >= 0.3 is 5.97 Å². The Morgan fingerprint density at radius 1 is 1.42 bits per heavy atom. The van der Waals surface area contributed by atoms with Crippen LogP contribution in [0.5, 0.6) is 5.75 Å². The second-order valence-electron chi connectivity index (χ2n) is 6.34. The molecule has 2 atom stereocenters. The van der Waals surface area contributed by atoms with Gasteiger partial charge in [-0.15, -0.1) is 4.72 Å². The molecule has 24 heavy (non-hydrogen) atoms. The van der Waals surface area contributed by atoms with Gasteiger partial charge in [0.1, 0.15) is 10.5 Å². The molecule has 0 fully saturated rings. The number of hydrogen-bond donors (Lipinski definition) is 1. The summed E-state index contributed by atoms with van der Waals surface area (Å²) in [6.07, 6.45) is 0.299. The third-order valence-electron chi connectivity index (χ3n) is 3.31. The van der Waals surface area contributed by atoms with Crippen LogP contribution in [0.25, 0.3) is 5.57 Å². The molecule has 5 nitrogen and oxygen atoms in total. The van der Waals surface area contributed by atoms with Crippen LogP contribution in [0.2, 0.25) is 0 Å². The number of methoxy groups -OCH3 is 1. The van der Waals surface area contributed by atoms with Crippen LogP contribution in [0.1, 0.15) is 39.7 Å². The molecular formula is C18H27NO4S. The molecule has 0 bridgehead atoms. The summed E-state index contributed by atoms with van der Waals surface area (Å²) in [6, 6.07) is 6.73. The van der Waals surface area contributed by atoms with Gasteiger partial charge in [0.15, 0.2) is 6.04 Å². The average Bonchev–Trinajstić information content (AvgIpc) is 2.53. The smallest absolute Gasteiger partial charge is 0.328 e. The minimum atomic E-state index is -1.39. The number of hydrogen-bond acceptors (Lipinski definition) is 5. The predicted octanol–water partition coefficient (Wildman–Crippen LogP) is 3.08. The molecule has 0 saturated carbocycles. The van der Waals surface area contributed by atoms with Crippen molar-refractivity contribution in [1.29, 1.82) is 0 Å². The highest BCUT2D eigenvalue weighted by molar-refractivity contribution is 7.90. The molecule has 0 aliphatic heterocycles. The lowest BCUT2D eigenvalue weighted by atomic mass is 10.0. The molecule has 0 spiro atoms. The first kappa shape index (κ1) is 20.5. The van der Waals surface area contributed by atoms with Crippen molar-refractivity contribution < 1.29 is 18.8 Å².